The number of nitroso groups, excluding NO2 is 1. The standard InChI is InChI=1S/C13H10N4O5S/c1-8-10(7-14)12(18)17(13(19)11(8)15-20)16-23(21,22)9-5-3-2-4-6-9/h2-6,16,18H,1H3. The molecule has 9 nitrogen and oxygen atoms in total. The average Bonchev–Trinajstić information content (AvgIpc) is 2.53. The first-order chi connectivity index (χ1) is 10.8. The second-order valence-electron chi connectivity index (χ2n) is 4.42. The zero-order valence-electron chi connectivity index (χ0n) is 11.7. The minimum Gasteiger partial charge on any atom is -0.492 e. The Hall–Kier alpha value is -3.19. The maximum Gasteiger partial charge on any atom is 0.302 e. The molecule has 0 fully saturated rings. The Kier molecular flexibility index (Phi) is 4.15. The maximum atomic E-state index is 12.2. The first kappa shape index (κ1) is 16.2. The highest BCUT2D eigenvalue weighted by Crippen LogP contribution is 2.24. The fraction of sp³-hybridized carbons (Fsp3) is 0.0769. The molecule has 0 spiro atoms. The number of nitrogens with zero attached hydrogens (tertiary/aromatic N) is 3. The predicted molar refractivity (Wildman–Crippen MR) is 80.3 cm³/mol. The van der Waals surface area contributed by atoms with Gasteiger partial charge in [-0.2, -0.15) is 18.4 Å². The van der Waals surface area contributed by atoms with Gasteiger partial charge in [0.05, 0.1) is 4.90 Å². The van der Waals surface area contributed by atoms with Crippen LogP contribution in [0.4, 0.5) is 5.69 Å². The summed E-state index contributed by atoms with van der Waals surface area (Å²) in [6.07, 6.45) is 0. The molecule has 10 heteroatoms. The van der Waals surface area contributed by atoms with Crippen molar-refractivity contribution in [3.8, 4) is 11.9 Å². The van der Waals surface area contributed by atoms with Crippen molar-refractivity contribution in [1.29, 1.82) is 5.26 Å². The van der Waals surface area contributed by atoms with Crippen LogP contribution in [-0.4, -0.2) is 18.2 Å². The van der Waals surface area contributed by atoms with Crippen molar-refractivity contribution in [2.45, 2.75) is 11.8 Å². The number of hydrogen-bond donors (Lipinski definition) is 2. The molecule has 1 heterocycles. The van der Waals surface area contributed by atoms with Crippen molar-refractivity contribution < 1.29 is 13.5 Å². The van der Waals surface area contributed by atoms with Gasteiger partial charge >= 0.3 is 5.56 Å². The Morgan fingerprint density at radius 2 is 1.91 bits per heavy atom. The van der Waals surface area contributed by atoms with Gasteiger partial charge in [0, 0.05) is 5.56 Å². The Labute approximate surface area is 130 Å². The molecule has 0 saturated carbocycles. The van der Waals surface area contributed by atoms with Crippen LogP contribution in [0.25, 0.3) is 0 Å². The lowest BCUT2D eigenvalue weighted by atomic mass is 10.1. The van der Waals surface area contributed by atoms with E-state index in [9.17, 15) is 23.2 Å². The molecule has 0 bridgehead atoms. The second kappa shape index (κ2) is 5.90. The third kappa shape index (κ3) is 2.77. The minimum absolute atomic E-state index is 0.139. The monoisotopic (exact) mass is 334 g/mol. The van der Waals surface area contributed by atoms with Crippen molar-refractivity contribution in [3.63, 3.8) is 0 Å². The molecule has 2 aromatic rings. The molecule has 2 N–H and O–H groups in total. The Morgan fingerprint density at radius 1 is 1.30 bits per heavy atom. The van der Waals surface area contributed by atoms with Gasteiger partial charge in [-0.15, -0.1) is 4.91 Å². The van der Waals surface area contributed by atoms with Crippen LogP contribution in [-0.2, 0) is 10.0 Å². The van der Waals surface area contributed by atoms with Crippen molar-refractivity contribution in [1.82, 2.24) is 4.68 Å². The first-order valence-corrected chi connectivity index (χ1v) is 7.61. The predicted octanol–water partition coefficient (Wildman–Crippen LogP) is 1.06. The van der Waals surface area contributed by atoms with Crippen LogP contribution in [0.15, 0.2) is 45.2 Å². The summed E-state index contributed by atoms with van der Waals surface area (Å²) in [7, 11) is -4.22. The number of sulfonamides is 1. The van der Waals surface area contributed by atoms with Gasteiger partial charge in [0.1, 0.15) is 11.6 Å². The molecule has 0 atom stereocenters. The number of pyridine rings is 1. The third-order valence-electron chi connectivity index (χ3n) is 3.04. The van der Waals surface area contributed by atoms with Gasteiger partial charge in [-0.3, -0.25) is 4.79 Å². The third-order valence-corrected chi connectivity index (χ3v) is 4.36. The van der Waals surface area contributed by atoms with E-state index in [2.05, 4.69) is 5.18 Å². The Morgan fingerprint density at radius 3 is 2.43 bits per heavy atom. The first-order valence-electron chi connectivity index (χ1n) is 6.13. The molecule has 0 aliphatic carbocycles. The Bertz CT molecular complexity index is 974. The molecule has 0 amide bonds. The summed E-state index contributed by atoms with van der Waals surface area (Å²) in [6, 6.07) is 8.64. The maximum absolute atomic E-state index is 12.2. The molecular formula is C13H10N4O5S. The zero-order valence-corrected chi connectivity index (χ0v) is 12.5. The van der Waals surface area contributed by atoms with Crippen molar-refractivity contribution >= 4 is 15.7 Å². The molecule has 1 aromatic carbocycles. The summed E-state index contributed by atoms with van der Waals surface area (Å²) < 4.78 is 24.6. The molecule has 0 aliphatic heterocycles. The van der Waals surface area contributed by atoms with E-state index >= 15 is 0 Å². The molecule has 0 radical (unpaired) electrons. The van der Waals surface area contributed by atoms with Gasteiger partial charge in [-0.25, -0.2) is 4.83 Å². The van der Waals surface area contributed by atoms with Gasteiger partial charge in [-0.05, 0) is 24.2 Å². The summed E-state index contributed by atoms with van der Waals surface area (Å²) >= 11 is 0. The number of nitrogens with one attached hydrogen (secondary N) is 1. The molecule has 118 valence electrons. The highest BCUT2D eigenvalue weighted by Gasteiger charge is 2.23. The molecule has 0 aliphatic rings. The van der Waals surface area contributed by atoms with Crippen LogP contribution in [0, 0.1) is 23.2 Å². The molecule has 1 aromatic heterocycles. The summed E-state index contributed by atoms with van der Waals surface area (Å²) in [5, 5.41) is 21.5. The molecule has 23 heavy (non-hydrogen) atoms. The van der Waals surface area contributed by atoms with E-state index in [4.69, 9.17) is 5.26 Å². The Balaban J connectivity index is 2.69. The van der Waals surface area contributed by atoms with Gasteiger partial charge in [0.15, 0.2) is 5.69 Å². The number of hydrogen-bond acceptors (Lipinski definition) is 7. The number of nitriles is 1. The van der Waals surface area contributed by atoms with Crippen LogP contribution in [0.2, 0.25) is 0 Å². The number of aromatic nitrogens is 1. The fourth-order valence-electron chi connectivity index (χ4n) is 1.86. The van der Waals surface area contributed by atoms with E-state index < -0.39 is 32.7 Å². The summed E-state index contributed by atoms with van der Waals surface area (Å²) in [5.74, 6) is -0.929. The fourth-order valence-corrected chi connectivity index (χ4v) is 2.89. The SMILES string of the molecule is Cc1c(C#N)c(O)n(NS(=O)(=O)c2ccccc2)c(=O)c1N=O. The number of aromatic hydroxyl groups is 1. The largest absolute Gasteiger partial charge is 0.492 e. The van der Waals surface area contributed by atoms with Gasteiger partial charge < -0.3 is 5.11 Å². The summed E-state index contributed by atoms with van der Waals surface area (Å²) in [4.78, 5) is 24.5. The highest BCUT2D eigenvalue weighted by atomic mass is 32.2. The van der Waals surface area contributed by atoms with E-state index in [1.807, 2.05) is 4.83 Å². The second-order valence-corrected chi connectivity index (χ2v) is 6.08. The van der Waals surface area contributed by atoms with Crippen molar-refractivity contribution in [2.75, 3.05) is 4.83 Å². The molecular weight excluding hydrogens is 324 g/mol. The molecule has 0 unspecified atom stereocenters. The van der Waals surface area contributed by atoms with Crippen LogP contribution < -0.4 is 10.4 Å². The van der Waals surface area contributed by atoms with E-state index in [1.165, 1.54) is 31.2 Å². The number of benzene rings is 1. The van der Waals surface area contributed by atoms with Gasteiger partial charge in [-0.1, -0.05) is 18.2 Å². The van der Waals surface area contributed by atoms with Crippen LogP contribution >= 0.6 is 0 Å². The average molecular weight is 334 g/mol. The van der Waals surface area contributed by atoms with Crippen molar-refractivity contribution in [2.24, 2.45) is 5.18 Å². The summed E-state index contributed by atoms with van der Waals surface area (Å²) in [5.41, 5.74) is -2.43. The van der Waals surface area contributed by atoms with Crippen LogP contribution in [0.3, 0.4) is 0 Å². The van der Waals surface area contributed by atoms with Crippen LogP contribution in [0.5, 0.6) is 5.88 Å². The summed E-state index contributed by atoms with van der Waals surface area (Å²) in [6.45, 7) is 1.24. The highest BCUT2D eigenvalue weighted by molar-refractivity contribution is 7.92. The van der Waals surface area contributed by atoms with E-state index in [0.29, 0.717) is 0 Å². The van der Waals surface area contributed by atoms with E-state index in [1.54, 1.807) is 12.1 Å². The molecule has 2 rings (SSSR count). The lowest BCUT2D eigenvalue weighted by Gasteiger charge is -2.14. The lowest BCUT2D eigenvalue weighted by molar-refractivity contribution is 0.426. The normalized spacial score (nSPS) is 10.8. The lowest BCUT2D eigenvalue weighted by Crippen LogP contribution is -2.33. The van der Waals surface area contributed by atoms with Crippen molar-refractivity contribution in [3.05, 3.63) is 56.7 Å². The van der Waals surface area contributed by atoms with E-state index in [-0.39, 0.29) is 15.1 Å². The van der Waals surface area contributed by atoms with Gasteiger partial charge in [0.2, 0.25) is 5.88 Å². The van der Waals surface area contributed by atoms with Gasteiger partial charge in [0.25, 0.3) is 10.0 Å². The van der Waals surface area contributed by atoms with Crippen LogP contribution in [0.1, 0.15) is 11.1 Å². The smallest absolute Gasteiger partial charge is 0.302 e. The van der Waals surface area contributed by atoms with E-state index in [0.717, 1.165) is 0 Å². The topological polar surface area (TPSA) is 142 Å². The number of rotatable bonds is 4. The minimum atomic E-state index is -4.22. The zero-order chi connectivity index (χ0) is 17.2. The molecule has 0 saturated heterocycles. The quantitative estimate of drug-likeness (QED) is 0.801.